The molecule has 0 radical (unpaired) electrons. The summed E-state index contributed by atoms with van der Waals surface area (Å²) in [7, 11) is 0. The molecule has 0 aliphatic carbocycles. The van der Waals surface area contributed by atoms with Crippen molar-refractivity contribution >= 4 is 52.3 Å². The number of benzene rings is 1. The van der Waals surface area contributed by atoms with Crippen LogP contribution in [0.4, 0.5) is 0 Å². The number of morpholine rings is 1. The van der Waals surface area contributed by atoms with E-state index in [1.807, 2.05) is 0 Å². The number of ether oxygens (including phenoxy) is 1. The lowest BCUT2D eigenvalue weighted by molar-refractivity contribution is -0.934. The van der Waals surface area contributed by atoms with Gasteiger partial charge in [-0.3, -0.25) is 10.1 Å². The number of carbonyl (C=O) groups excluding carboxylic acids is 1. The molecule has 1 aromatic carbocycles. The predicted octanol–water partition coefficient (Wildman–Crippen LogP) is 1.68. The molecule has 1 aliphatic rings. The Morgan fingerprint density at radius 2 is 1.76 bits per heavy atom. The molecule has 1 fully saturated rings. The van der Waals surface area contributed by atoms with Crippen molar-refractivity contribution < 1.29 is 14.4 Å². The molecule has 4 nitrogen and oxygen atoms in total. The zero-order chi connectivity index (χ0) is 15.5. The Kier molecular flexibility index (Phi) is 6.00. The quantitative estimate of drug-likeness (QED) is 0.793. The van der Waals surface area contributed by atoms with Crippen LogP contribution in [0.5, 0.6) is 0 Å². The molecule has 1 aliphatic heterocycles. The summed E-state index contributed by atoms with van der Waals surface area (Å²) in [6.07, 6.45) is -0.644. The lowest BCUT2D eigenvalue weighted by atomic mass is 10.2. The first-order chi connectivity index (χ1) is 9.88. The van der Waals surface area contributed by atoms with E-state index in [1.54, 1.807) is 24.3 Å². The number of alkyl halides is 3. The maximum atomic E-state index is 12.3. The zero-order valence-corrected chi connectivity index (χ0v) is 14.1. The number of hydrogen-bond acceptors (Lipinski definition) is 2. The first kappa shape index (κ1) is 17.1. The third-order valence-electron chi connectivity index (χ3n) is 3.25. The smallest absolute Gasteiger partial charge is 0.262 e. The monoisotopic (exact) mass is 371 g/mol. The largest absolute Gasteiger partial charge is 0.370 e. The summed E-state index contributed by atoms with van der Waals surface area (Å²) < 4.78 is 3.69. The van der Waals surface area contributed by atoms with Crippen molar-refractivity contribution in [3.05, 3.63) is 34.9 Å². The van der Waals surface area contributed by atoms with Crippen LogP contribution in [0.3, 0.4) is 0 Å². The second-order valence-electron chi connectivity index (χ2n) is 4.73. The van der Waals surface area contributed by atoms with Gasteiger partial charge in [0.15, 0.2) is 0 Å². The molecule has 0 aromatic heterocycles. The van der Waals surface area contributed by atoms with Crippen molar-refractivity contribution in [3.8, 4) is 0 Å². The van der Waals surface area contributed by atoms with E-state index < -0.39 is 9.96 Å². The van der Waals surface area contributed by atoms with Crippen LogP contribution in [0.15, 0.2) is 24.3 Å². The highest BCUT2D eigenvalue weighted by Crippen LogP contribution is 2.28. The molecule has 1 atom stereocenters. The maximum Gasteiger partial charge on any atom is 0.262 e. The van der Waals surface area contributed by atoms with Crippen molar-refractivity contribution in [1.82, 2.24) is 5.32 Å². The number of hydrogen-bond donors (Lipinski definition) is 2. The number of rotatable bonds is 3. The van der Waals surface area contributed by atoms with E-state index in [9.17, 15) is 4.79 Å². The number of carbonyl (C=O) groups is 1. The van der Waals surface area contributed by atoms with Gasteiger partial charge in [-0.25, -0.2) is 0 Å². The third-order valence-corrected chi connectivity index (χ3v) is 4.16. The van der Waals surface area contributed by atoms with E-state index in [0.717, 1.165) is 4.90 Å². The van der Waals surface area contributed by atoms with Gasteiger partial charge in [-0.15, -0.1) is 0 Å². The summed E-state index contributed by atoms with van der Waals surface area (Å²) in [4.78, 5) is 13.3. The Morgan fingerprint density at radius 3 is 2.29 bits per heavy atom. The Labute approximate surface area is 143 Å². The van der Waals surface area contributed by atoms with Crippen molar-refractivity contribution in [1.29, 1.82) is 0 Å². The van der Waals surface area contributed by atoms with Crippen LogP contribution in [0.25, 0.3) is 0 Å². The van der Waals surface area contributed by atoms with E-state index in [4.69, 9.17) is 51.1 Å². The fourth-order valence-electron chi connectivity index (χ4n) is 2.15. The van der Waals surface area contributed by atoms with E-state index in [0.29, 0.717) is 36.9 Å². The van der Waals surface area contributed by atoms with Crippen LogP contribution in [0, 0.1) is 0 Å². The number of quaternary nitrogens is 1. The van der Waals surface area contributed by atoms with E-state index in [2.05, 4.69) is 5.32 Å². The number of halogens is 4. The van der Waals surface area contributed by atoms with Gasteiger partial charge in [0, 0.05) is 10.6 Å². The summed E-state index contributed by atoms with van der Waals surface area (Å²) in [5.74, 6) is -0.304. The molecule has 2 rings (SSSR count). The highest BCUT2D eigenvalue weighted by molar-refractivity contribution is 6.68. The molecule has 1 heterocycles. The van der Waals surface area contributed by atoms with Crippen LogP contribution >= 0.6 is 46.4 Å². The second-order valence-corrected chi connectivity index (χ2v) is 7.53. The van der Waals surface area contributed by atoms with Gasteiger partial charge in [0.1, 0.15) is 13.1 Å². The molecule has 0 bridgehead atoms. The van der Waals surface area contributed by atoms with Crippen LogP contribution in [0.2, 0.25) is 5.02 Å². The van der Waals surface area contributed by atoms with Crippen molar-refractivity contribution in [2.24, 2.45) is 0 Å². The van der Waals surface area contributed by atoms with Gasteiger partial charge in [-0.05, 0) is 24.3 Å². The number of amides is 1. The predicted molar refractivity (Wildman–Crippen MR) is 84.5 cm³/mol. The first-order valence-electron chi connectivity index (χ1n) is 6.43. The summed E-state index contributed by atoms with van der Waals surface area (Å²) in [6, 6.07) is 6.54. The van der Waals surface area contributed by atoms with Gasteiger partial charge >= 0.3 is 0 Å². The average Bonchev–Trinajstić information content (AvgIpc) is 2.45. The molecule has 2 N–H and O–H groups in total. The topological polar surface area (TPSA) is 42.8 Å². The summed E-state index contributed by atoms with van der Waals surface area (Å²) >= 11 is 23.9. The molecule has 21 heavy (non-hydrogen) atoms. The highest BCUT2D eigenvalue weighted by Gasteiger charge is 2.42. The summed E-state index contributed by atoms with van der Waals surface area (Å²) in [5.41, 5.74) is 0.464. The Bertz CT molecular complexity index is 484. The fraction of sp³-hybridized carbons (Fsp3) is 0.462. The van der Waals surface area contributed by atoms with E-state index >= 15 is 0 Å². The summed E-state index contributed by atoms with van der Waals surface area (Å²) in [5, 5.41) is 3.35. The standard InChI is InChI=1S/C13H14Cl4N2O2/c14-10-3-1-9(2-4-10)11(20)18-12(13(15,16)17)19-5-7-21-8-6-19/h1-4,12H,5-8H2,(H,18,20)/p+1/t12-/m0/s1. The normalized spacial score (nSPS) is 18.3. The minimum atomic E-state index is -1.60. The molecular formula is C13H15Cl4N2O2+. The zero-order valence-electron chi connectivity index (χ0n) is 11.0. The second kappa shape index (κ2) is 7.36. The molecule has 1 amide bonds. The number of nitrogens with one attached hydrogen (secondary N) is 2. The van der Waals surface area contributed by atoms with Crippen LogP contribution in [-0.2, 0) is 4.74 Å². The van der Waals surface area contributed by atoms with Crippen molar-refractivity contribution in [2.45, 2.75) is 9.96 Å². The minimum absolute atomic E-state index is 0.304. The maximum absolute atomic E-state index is 12.3. The van der Waals surface area contributed by atoms with Gasteiger partial charge in [-0.1, -0.05) is 46.4 Å². The third kappa shape index (κ3) is 4.88. The highest BCUT2D eigenvalue weighted by atomic mass is 35.6. The van der Waals surface area contributed by atoms with Gasteiger partial charge in [0.2, 0.25) is 6.17 Å². The van der Waals surface area contributed by atoms with E-state index in [-0.39, 0.29) is 5.91 Å². The summed E-state index contributed by atoms with van der Waals surface area (Å²) in [6.45, 7) is 2.48. The Morgan fingerprint density at radius 1 is 1.19 bits per heavy atom. The Balaban J connectivity index is 2.10. The van der Waals surface area contributed by atoms with Crippen LogP contribution in [-0.4, -0.2) is 42.2 Å². The average molecular weight is 373 g/mol. The van der Waals surface area contributed by atoms with Gasteiger partial charge in [0.05, 0.1) is 13.2 Å². The molecular weight excluding hydrogens is 358 g/mol. The molecule has 0 saturated carbocycles. The molecule has 1 aromatic rings. The van der Waals surface area contributed by atoms with Gasteiger partial charge in [-0.2, -0.15) is 0 Å². The molecule has 0 spiro atoms. The van der Waals surface area contributed by atoms with Crippen LogP contribution < -0.4 is 10.2 Å². The fourth-order valence-corrected chi connectivity index (χ4v) is 2.91. The molecule has 8 heteroatoms. The molecule has 1 saturated heterocycles. The van der Waals surface area contributed by atoms with Crippen molar-refractivity contribution in [2.75, 3.05) is 26.3 Å². The first-order valence-corrected chi connectivity index (χ1v) is 7.94. The van der Waals surface area contributed by atoms with Gasteiger partial charge in [0.25, 0.3) is 9.70 Å². The van der Waals surface area contributed by atoms with Gasteiger partial charge < -0.3 is 9.64 Å². The lowest BCUT2D eigenvalue weighted by Gasteiger charge is -2.35. The van der Waals surface area contributed by atoms with Crippen LogP contribution in [0.1, 0.15) is 10.4 Å². The SMILES string of the molecule is O=C(N[C@@H]([NH+]1CCOCC1)C(Cl)(Cl)Cl)c1ccc(Cl)cc1. The minimum Gasteiger partial charge on any atom is -0.370 e. The van der Waals surface area contributed by atoms with Crippen molar-refractivity contribution in [3.63, 3.8) is 0 Å². The molecule has 116 valence electrons. The molecule has 0 unspecified atom stereocenters. The lowest BCUT2D eigenvalue weighted by Crippen LogP contribution is -3.21. The Hall–Kier alpha value is -0.230. The van der Waals surface area contributed by atoms with E-state index in [1.165, 1.54) is 0 Å².